The molecule has 0 saturated heterocycles. The standard InChI is InChI=1S/C20H23N5OS/c1-20(2,3)16-13-27-17(25-16)9-12-21-18(26)14-5-7-15(8-6-14)24-19-22-10-4-11-23-19/h4-8,10-11,13H,9,12H2,1-3H3,(H,21,26)(H,22,23,24). The van der Waals surface area contributed by atoms with Gasteiger partial charge in [0.05, 0.1) is 10.7 Å². The Morgan fingerprint density at radius 2 is 1.81 bits per heavy atom. The zero-order chi connectivity index (χ0) is 19.3. The summed E-state index contributed by atoms with van der Waals surface area (Å²) in [6.07, 6.45) is 4.07. The molecule has 2 heterocycles. The van der Waals surface area contributed by atoms with Gasteiger partial charge in [-0.25, -0.2) is 15.0 Å². The third-order valence-electron chi connectivity index (χ3n) is 3.91. The normalized spacial score (nSPS) is 11.2. The number of anilines is 2. The fraction of sp³-hybridized carbons (Fsp3) is 0.300. The van der Waals surface area contributed by atoms with Gasteiger partial charge in [-0.05, 0) is 30.3 Å². The molecule has 27 heavy (non-hydrogen) atoms. The Balaban J connectivity index is 1.50. The van der Waals surface area contributed by atoms with Crippen molar-refractivity contribution in [1.29, 1.82) is 0 Å². The largest absolute Gasteiger partial charge is 0.352 e. The molecule has 0 fully saturated rings. The molecule has 0 bridgehead atoms. The fourth-order valence-corrected chi connectivity index (χ4v) is 3.38. The quantitative estimate of drug-likeness (QED) is 0.676. The third-order valence-corrected chi connectivity index (χ3v) is 4.82. The molecule has 0 aliphatic rings. The molecule has 1 amide bonds. The number of thiazole rings is 1. The molecule has 1 aromatic carbocycles. The minimum atomic E-state index is -0.0925. The fourth-order valence-electron chi connectivity index (χ4n) is 2.35. The van der Waals surface area contributed by atoms with E-state index < -0.39 is 0 Å². The summed E-state index contributed by atoms with van der Waals surface area (Å²) in [5.41, 5.74) is 2.59. The molecule has 2 N–H and O–H groups in total. The van der Waals surface area contributed by atoms with E-state index in [2.05, 4.69) is 51.7 Å². The summed E-state index contributed by atoms with van der Waals surface area (Å²) < 4.78 is 0. The van der Waals surface area contributed by atoms with Crippen LogP contribution in [-0.2, 0) is 11.8 Å². The molecule has 0 saturated carbocycles. The zero-order valence-electron chi connectivity index (χ0n) is 15.7. The monoisotopic (exact) mass is 381 g/mol. The Morgan fingerprint density at radius 3 is 2.44 bits per heavy atom. The number of rotatable bonds is 6. The third kappa shape index (κ3) is 5.34. The summed E-state index contributed by atoms with van der Waals surface area (Å²) >= 11 is 1.64. The smallest absolute Gasteiger partial charge is 0.251 e. The van der Waals surface area contributed by atoms with E-state index in [9.17, 15) is 4.79 Å². The van der Waals surface area contributed by atoms with Gasteiger partial charge in [0, 0.05) is 47.4 Å². The number of aromatic nitrogens is 3. The van der Waals surface area contributed by atoms with Crippen LogP contribution in [-0.4, -0.2) is 27.4 Å². The molecule has 6 nitrogen and oxygen atoms in total. The van der Waals surface area contributed by atoms with Gasteiger partial charge in [0.25, 0.3) is 5.91 Å². The lowest BCUT2D eigenvalue weighted by Crippen LogP contribution is -2.25. The average Bonchev–Trinajstić information content (AvgIpc) is 3.12. The summed E-state index contributed by atoms with van der Waals surface area (Å²) in [7, 11) is 0. The van der Waals surface area contributed by atoms with Gasteiger partial charge < -0.3 is 10.6 Å². The molecule has 3 rings (SSSR count). The van der Waals surface area contributed by atoms with Crippen LogP contribution in [0.15, 0.2) is 48.1 Å². The minimum absolute atomic E-state index is 0.0541. The molecule has 0 atom stereocenters. The number of carbonyl (C=O) groups is 1. The van der Waals surface area contributed by atoms with Crippen molar-refractivity contribution in [3.8, 4) is 0 Å². The van der Waals surface area contributed by atoms with Crippen LogP contribution in [0.2, 0.25) is 0 Å². The van der Waals surface area contributed by atoms with Crippen molar-refractivity contribution in [2.75, 3.05) is 11.9 Å². The van der Waals surface area contributed by atoms with Gasteiger partial charge in [-0.3, -0.25) is 4.79 Å². The maximum Gasteiger partial charge on any atom is 0.251 e. The molecule has 2 aromatic heterocycles. The van der Waals surface area contributed by atoms with Crippen molar-refractivity contribution in [3.63, 3.8) is 0 Å². The van der Waals surface area contributed by atoms with E-state index in [1.54, 1.807) is 41.9 Å². The van der Waals surface area contributed by atoms with Gasteiger partial charge in [0.2, 0.25) is 5.95 Å². The second-order valence-electron chi connectivity index (χ2n) is 7.16. The number of hydrogen-bond donors (Lipinski definition) is 2. The van der Waals surface area contributed by atoms with Crippen molar-refractivity contribution in [2.45, 2.75) is 32.6 Å². The number of hydrogen-bond acceptors (Lipinski definition) is 6. The first-order chi connectivity index (χ1) is 12.9. The molecule has 140 valence electrons. The molecule has 0 spiro atoms. The lowest BCUT2D eigenvalue weighted by molar-refractivity contribution is 0.0954. The van der Waals surface area contributed by atoms with Crippen molar-refractivity contribution in [1.82, 2.24) is 20.3 Å². The Labute approximate surface area is 163 Å². The number of nitrogens with one attached hydrogen (secondary N) is 2. The average molecular weight is 382 g/mol. The first kappa shape index (κ1) is 19.0. The van der Waals surface area contributed by atoms with E-state index >= 15 is 0 Å². The molecule has 3 aromatic rings. The summed E-state index contributed by atoms with van der Waals surface area (Å²) in [6, 6.07) is 8.99. The van der Waals surface area contributed by atoms with E-state index in [4.69, 9.17) is 0 Å². The zero-order valence-corrected chi connectivity index (χ0v) is 16.5. The maximum atomic E-state index is 12.3. The van der Waals surface area contributed by atoms with Crippen molar-refractivity contribution >= 4 is 28.9 Å². The molecular formula is C20H23N5OS. The van der Waals surface area contributed by atoms with Crippen LogP contribution in [0.25, 0.3) is 0 Å². The summed E-state index contributed by atoms with van der Waals surface area (Å²) in [6.45, 7) is 7.01. The van der Waals surface area contributed by atoms with Gasteiger partial charge >= 0.3 is 0 Å². The summed E-state index contributed by atoms with van der Waals surface area (Å²) in [5.74, 6) is 0.429. The number of amides is 1. The van der Waals surface area contributed by atoms with Crippen LogP contribution in [0.1, 0.15) is 41.8 Å². The van der Waals surface area contributed by atoms with Gasteiger partial charge in [-0.2, -0.15) is 0 Å². The van der Waals surface area contributed by atoms with Crippen molar-refractivity contribution < 1.29 is 4.79 Å². The number of nitrogens with zero attached hydrogens (tertiary/aromatic N) is 3. The van der Waals surface area contributed by atoms with E-state index in [-0.39, 0.29) is 11.3 Å². The van der Waals surface area contributed by atoms with E-state index in [0.29, 0.717) is 18.1 Å². The summed E-state index contributed by atoms with van der Waals surface area (Å²) in [4.78, 5) is 25.2. The highest BCUT2D eigenvalue weighted by Gasteiger charge is 2.17. The Hall–Kier alpha value is -2.80. The van der Waals surface area contributed by atoms with Crippen LogP contribution in [0, 0.1) is 0 Å². The number of benzene rings is 1. The Bertz CT molecular complexity index is 885. The van der Waals surface area contributed by atoms with Gasteiger partial charge in [0.1, 0.15) is 0 Å². The minimum Gasteiger partial charge on any atom is -0.352 e. The highest BCUT2D eigenvalue weighted by Crippen LogP contribution is 2.23. The lowest BCUT2D eigenvalue weighted by Gasteiger charge is -2.14. The van der Waals surface area contributed by atoms with Crippen LogP contribution < -0.4 is 10.6 Å². The molecule has 0 aliphatic carbocycles. The van der Waals surface area contributed by atoms with Crippen LogP contribution in [0.4, 0.5) is 11.6 Å². The van der Waals surface area contributed by atoms with Crippen molar-refractivity contribution in [3.05, 3.63) is 64.4 Å². The lowest BCUT2D eigenvalue weighted by atomic mass is 9.93. The Morgan fingerprint density at radius 1 is 1.11 bits per heavy atom. The molecule has 0 radical (unpaired) electrons. The second-order valence-corrected chi connectivity index (χ2v) is 8.10. The van der Waals surface area contributed by atoms with E-state index in [1.165, 1.54) is 0 Å². The highest BCUT2D eigenvalue weighted by atomic mass is 32.1. The summed E-state index contributed by atoms with van der Waals surface area (Å²) in [5, 5.41) is 9.18. The predicted molar refractivity (Wildman–Crippen MR) is 109 cm³/mol. The topological polar surface area (TPSA) is 79.8 Å². The molecular weight excluding hydrogens is 358 g/mol. The maximum absolute atomic E-state index is 12.3. The molecule has 0 aliphatic heterocycles. The molecule has 7 heteroatoms. The highest BCUT2D eigenvalue weighted by molar-refractivity contribution is 7.09. The molecule has 0 unspecified atom stereocenters. The van der Waals surface area contributed by atoms with Crippen molar-refractivity contribution in [2.24, 2.45) is 0 Å². The number of carbonyl (C=O) groups excluding carboxylic acids is 1. The van der Waals surface area contributed by atoms with E-state index in [0.717, 1.165) is 22.8 Å². The van der Waals surface area contributed by atoms with Crippen LogP contribution >= 0.6 is 11.3 Å². The second kappa shape index (κ2) is 8.26. The van der Waals surface area contributed by atoms with Gasteiger partial charge in [0.15, 0.2) is 0 Å². The first-order valence-corrected chi connectivity index (χ1v) is 9.67. The van der Waals surface area contributed by atoms with Crippen LogP contribution in [0.3, 0.4) is 0 Å². The van der Waals surface area contributed by atoms with Gasteiger partial charge in [-0.1, -0.05) is 20.8 Å². The van der Waals surface area contributed by atoms with E-state index in [1.807, 2.05) is 12.1 Å². The predicted octanol–water partition coefficient (Wildman–Crippen LogP) is 3.95. The Kier molecular flexibility index (Phi) is 5.81. The first-order valence-electron chi connectivity index (χ1n) is 8.79. The van der Waals surface area contributed by atoms with Crippen LogP contribution in [0.5, 0.6) is 0 Å². The SMILES string of the molecule is CC(C)(C)c1csc(CCNC(=O)c2ccc(Nc3ncccn3)cc2)n1. The van der Waals surface area contributed by atoms with Gasteiger partial charge in [-0.15, -0.1) is 11.3 Å².